The average Bonchev–Trinajstić information content (AvgIpc) is 3.51. The van der Waals surface area contributed by atoms with Gasteiger partial charge in [-0.25, -0.2) is 0 Å². The number of hydrogen-bond donors (Lipinski definition) is 1. The summed E-state index contributed by atoms with van der Waals surface area (Å²) < 4.78 is 11.2. The maximum absolute atomic E-state index is 12.0. The molecule has 3 aromatic rings. The van der Waals surface area contributed by atoms with Crippen LogP contribution in [0.5, 0.6) is 5.75 Å². The van der Waals surface area contributed by atoms with E-state index in [0.29, 0.717) is 13.2 Å². The maximum Gasteiger partial charge on any atom is 0.307 e. The van der Waals surface area contributed by atoms with E-state index in [0.717, 1.165) is 43.7 Å². The van der Waals surface area contributed by atoms with Crippen molar-refractivity contribution in [2.45, 2.75) is 57.5 Å². The number of rotatable bonds is 9. The lowest BCUT2D eigenvalue weighted by atomic mass is 9.69. The standard InChI is InChI=1S/C33H35NO3S/c1-3-7-25(21-32(35)36-4-2)24-10-12-28(13-11-24)37-23-30-15-14-29(38-30)22-27-20-26-8-5-6-9-31(26)33(27)16-18-34-19-17-33/h5-6,8-15,20,25,34H,4,16-19,21-23H2,1-2H3/t25-/m0/s1. The zero-order valence-electron chi connectivity index (χ0n) is 22.2. The first-order valence-corrected chi connectivity index (χ1v) is 14.3. The van der Waals surface area contributed by atoms with Crippen molar-refractivity contribution >= 4 is 23.4 Å². The van der Waals surface area contributed by atoms with Gasteiger partial charge in [0.05, 0.1) is 18.9 Å². The maximum atomic E-state index is 12.0. The van der Waals surface area contributed by atoms with Crippen LogP contribution in [0.2, 0.25) is 0 Å². The van der Waals surface area contributed by atoms with Crippen molar-refractivity contribution in [2.24, 2.45) is 0 Å². The fourth-order valence-electron chi connectivity index (χ4n) is 5.77. The molecule has 1 N–H and O–H groups in total. The number of nitrogens with one attached hydrogen (secondary N) is 1. The minimum atomic E-state index is -0.225. The van der Waals surface area contributed by atoms with E-state index in [4.69, 9.17) is 9.47 Å². The molecule has 1 atom stereocenters. The highest BCUT2D eigenvalue weighted by Gasteiger charge is 2.41. The summed E-state index contributed by atoms with van der Waals surface area (Å²) in [4.78, 5) is 14.6. The number of thiophene rings is 1. The predicted octanol–water partition coefficient (Wildman–Crippen LogP) is 6.65. The van der Waals surface area contributed by atoms with Crippen LogP contribution in [0.25, 0.3) is 6.08 Å². The van der Waals surface area contributed by atoms with E-state index < -0.39 is 0 Å². The van der Waals surface area contributed by atoms with E-state index in [-0.39, 0.29) is 23.7 Å². The Hall–Kier alpha value is -3.33. The number of fused-ring (bicyclic) bond motifs is 2. The third kappa shape index (κ3) is 5.72. The average molecular weight is 526 g/mol. The number of benzene rings is 2. The molecule has 0 unspecified atom stereocenters. The summed E-state index contributed by atoms with van der Waals surface area (Å²) in [5.41, 5.74) is 5.63. The molecule has 5 heteroatoms. The quantitative estimate of drug-likeness (QED) is 0.251. The van der Waals surface area contributed by atoms with Gasteiger partial charge in [0.15, 0.2) is 0 Å². The summed E-state index contributed by atoms with van der Waals surface area (Å²) in [5, 5.41) is 3.55. The van der Waals surface area contributed by atoms with Crippen molar-refractivity contribution in [3.8, 4) is 17.6 Å². The second-order valence-electron chi connectivity index (χ2n) is 9.95. The first kappa shape index (κ1) is 26.3. The molecule has 0 radical (unpaired) electrons. The van der Waals surface area contributed by atoms with Crippen molar-refractivity contribution in [1.82, 2.24) is 5.32 Å². The Kier molecular flexibility index (Phi) is 8.32. The highest BCUT2D eigenvalue weighted by molar-refractivity contribution is 7.12. The van der Waals surface area contributed by atoms with Crippen LogP contribution in [0.3, 0.4) is 0 Å². The molecular weight excluding hydrogens is 490 g/mol. The summed E-state index contributed by atoms with van der Waals surface area (Å²) in [6.07, 6.45) is 6.02. The second-order valence-corrected chi connectivity index (χ2v) is 11.2. The Balaban J connectivity index is 1.21. The van der Waals surface area contributed by atoms with Crippen LogP contribution < -0.4 is 10.1 Å². The van der Waals surface area contributed by atoms with Gasteiger partial charge in [-0.1, -0.05) is 54.0 Å². The van der Waals surface area contributed by atoms with Gasteiger partial charge in [0.25, 0.3) is 0 Å². The molecule has 1 saturated heterocycles. The number of hydrogen-bond acceptors (Lipinski definition) is 5. The molecule has 4 nitrogen and oxygen atoms in total. The molecule has 5 rings (SSSR count). The first-order chi connectivity index (χ1) is 18.6. The van der Waals surface area contributed by atoms with Crippen LogP contribution >= 0.6 is 11.3 Å². The van der Waals surface area contributed by atoms with Crippen molar-refractivity contribution in [2.75, 3.05) is 19.7 Å². The molecule has 0 saturated carbocycles. The molecule has 1 spiro atoms. The summed E-state index contributed by atoms with van der Waals surface area (Å²) in [6, 6.07) is 21.3. The number of allylic oxidation sites excluding steroid dienone is 1. The van der Waals surface area contributed by atoms with Gasteiger partial charge in [0, 0.05) is 21.6 Å². The Morgan fingerprint density at radius 2 is 1.82 bits per heavy atom. The van der Waals surface area contributed by atoms with Gasteiger partial charge < -0.3 is 14.8 Å². The van der Waals surface area contributed by atoms with Crippen molar-refractivity contribution in [3.05, 3.63) is 92.7 Å². The first-order valence-electron chi connectivity index (χ1n) is 13.5. The van der Waals surface area contributed by atoms with Gasteiger partial charge >= 0.3 is 5.97 Å². The van der Waals surface area contributed by atoms with E-state index in [1.165, 1.54) is 20.9 Å². The number of piperidine rings is 1. The molecule has 2 heterocycles. The van der Waals surface area contributed by atoms with Crippen LogP contribution in [-0.2, 0) is 28.0 Å². The number of esters is 1. The summed E-state index contributed by atoms with van der Waals surface area (Å²) in [7, 11) is 0. The second kappa shape index (κ2) is 12.0. The van der Waals surface area contributed by atoms with Crippen LogP contribution in [0.1, 0.15) is 65.5 Å². The van der Waals surface area contributed by atoms with E-state index >= 15 is 0 Å². The third-order valence-electron chi connectivity index (χ3n) is 7.62. The number of carbonyl (C=O) groups excluding carboxylic acids is 1. The van der Waals surface area contributed by atoms with E-state index in [1.807, 2.05) is 42.5 Å². The Bertz CT molecular complexity index is 1350. The normalized spacial score (nSPS) is 16.2. The lowest BCUT2D eigenvalue weighted by molar-refractivity contribution is -0.143. The fourth-order valence-corrected chi connectivity index (χ4v) is 6.72. The third-order valence-corrected chi connectivity index (χ3v) is 8.68. The van der Waals surface area contributed by atoms with E-state index in [1.54, 1.807) is 12.5 Å². The molecule has 1 aliphatic carbocycles. The number of carbonyl (C=O) groups is 1. The van der Waals surface area contributed by atoms with Crippen LogP contribution in [-0.4, -0.2) is 25.7 Å². The van der Waals surface area contributed by atoms with Crippen molar-refractivity contribution in [3.63, 3.8) is 0 Å². The molecule has 1 aromatic heterocycles. The van der Waals surface area contributed by atoms with E-state index in [2.05, 4.69) is 59.6 Å². The number of ether oxygens (including phenoxy) is 2. The van der Waals surface area contributed by atoms with Crippen LogP contribution in [0.15, 0.2) is 66.2 Å². The van der Waals surface area contributed by atoms with Gasteiger partial charge in [0.2, 0.25) is 0 Å². The Morgan fingerprint density at radius 1 is 1.05 bits per heavy atom. The fraction of sp³-hybridized carbons (Fsp3) is 0.364. The molecule has 0 amide bonds. The summed E-state index contributed by atoms with van der Waals surface area (Å²) >= 11 is 1.84. The smallest absolute Gasteiger partial charge is 0.307 e. The van der Waals surface area contributed by atoms with Crippen molar-refractivity contribution in [1.29, 1.82) is 0 Å². The molecule has 0 bridgehead atoms. The minimum absolute atomic E-state index is 0.174. The molecular formula is C33H35NO3S. The lowest BCUT2D eigenvalue weighted by Gasteiger charge is -2.38. The molecule has 2 aliphatic rings. The molecule has 196 valence electrons. The molecule has 2 aromatic carbocycles. The predicted molar refractivity (Wildman–Crippen MR) is 154 cm³/mol. The van der Waals surface area contributed by atoms with Gasteiger partial charge in [0.1, 0.15) is 12.4 Å². The van der Waals surface area contributed by atoms with Gasteiger partial charge in [-0.3, -0.25) is 4.79 Å². The van der Waals surface area contributed by atoms with Crippen LogP contribution in [0, 0.1) is 11.8 Å². The topological polar surface area (TPSA) is 47.6 Å². The highest BCUT2D eigenvalue weighted by Crippen LogP contribution is 2.49. The Labute approximate surface area is 230 Å². The SMILES string of the molecule is CC#C[C@@H](CC(=O)OCC)c1ccc(OCc2ccc(CC3=Cc4ccccc4C34CCNCC4)s2)cc1. The minimum Gasteiger partial charge on any atom is -0.488 e. The van der Waals surface area contributed by atoms with E-state index in [9.17, 15) is 4.79 Å². The monoisotopic (exact) mass is 525 g/mol. The van der Waals surface area contributed by atoms with Crippen molar-refractivity contribution < 1.29 is 14.3 Å². The van der Waals surface area contributed by atoms with Gasteiger partial charge in [-0.15, -0.1) is 17.3 Å². The van der Waals surface area contributed by atoms with Gasteiger partial charge in [-0.05, 0) is 80.7 Å². The van der Waals surface area contributed by atoms with Crippen LogP contribution in [0.4, 0.5) is 0 Å². The van der Waals surface area contributed by atoms with Gasteiger partial charge in [-0.2, -0.15) is 0 Å². The summed E-state index contributed by atoms with van der Waals surface area (Å²) in [5.74, 6) is 6.47. The zero-order valence-corrected chi connectivity index (χ0v) is 23.0. The largest absolute Gasteiger partial charge is 0.488 e. The molecule has 1 aliphatic heterocycles. The molecule has 1 fully saturated rings. The lowest BCUT2D eigenvalue weighted by Crippen LogP contribution is -2.40. The zero-order chi connectivity index (χ0) is 26.4. The highest BCUT2D eigenvalue weighted by atomic mass is 32.1. The summed E-state index contributed by atoms with van der Waals surface area (Å²) in [6.45, 7) is 6.67. The molecule has 38 heavy (non-hydrogen) atoms. The Morgan fingerprint density at radius 3 is 2.58 bits per heavy atom.